The quantitative estimate of drug-likeness (QED) is 0.357. The van der Waals surface area contributed by atoms with Crippen molar-refractivity contribution in [2.24, 2.45) is 12.0 Å². The lowest BCUT2D eigenvalue weighted by molar-refractivity contribution is 0.0511. The van der Waals surface area contributed by atoms with E-state index < -0.39 is 0 Å². The summed E-state index contributed by atoms with van der Waals surface area (Å²) in [5.74, 6) is 3.14. The van der Waals surface area contributed by atoms with Crippen LogP contribution in [0, 0.1) is 0 Å². The second kappa shape index (κ2) is 9.86. The van der Waals surface area contributed by atoms with Gasteiger partial charge in [-0.2, -0.15) is 5.10 Å². The fraction of sp³-hybridized carbons (Fsp3) is 0.565. The highest BCUT2D eigenvalue weighted by Gasteiger charge is 2.37. The minimum absolute atomic E-state index is 0. The monoisotopic (exact) mass is 553 g/mol. The molecule has 8 nitrogen and oxygen atoms in total. The first kappa shape index (κ1) is 23.2. The molecule has 1 aromatic heterocycles. The van der Waals surface area contributed by atoms with Crippen molar-refractivity contribution in [3.05, 3.63) is 41.7 Å². The molecule has 0 radical (unpaired) electrons. The van der Waals surface area contributed by atoms with Crippen LogP contribution in [0.3, 0.4) is 0 Å². The van der Waals surface area contributed by atoms with Crippen molar-refractivity contribution in [3.63, 3.8) is 0 Å². The van der Waals surface area contributed by atoms with Crippen molar-refractivity contribution in [2.45, 2.75) is 30.6 Å². The number of nitrogens with one attached hydrogen (secondary N) is 1. The van der Waals surface area contributed by atoms with Crippen molar-refractivity contribution in [1.29, 1.82) is 0 Å². The third-order valence-electron chi connectivity index (χ3n) is 6.92. The van der Waals surface area contributed by atoms with Gasteiger partial charge in [-0.25, -0.2) is 0 Å². The number of likely N-dealkylation sites (tertiary alicyclic amines) is 1. The van der Waals surface area contributed by atoms with Crippen LogP contribution in [-0.2, 0) is 17.2 Å². The lowest BCUT2D eigenvalue weighted by Gasteiger charge is -2.39. The highest BCUT2D eigenvalue weighted by molar-refractivity contribution is 14.0. The summed E-state index contributed by atoms with van der Waals surface area (Å²) >= 11 is 0. The molecular formula is C23H32IN5O3. The zero-order chi connectivity index (χ0) is 21.3. The van der Waals surface area contributed by atoms with Gasteiger partial charge in [-0.1, -0.05) is 6.07 Å². The fourth-order valence-electron chi connectivity index (χ4n) is 5.01. The van der Waals surface area contributed by atoms with Gasteiger partial charge in [0.05, 0.1) is 6.20 Å². The summed E-state index contributed by atoms with van der Waals surface area (Å²) in [5, 5.41) is 8.03. The lowest BCUT2D eigenvalue weighted by atomic mass is 9.74. The molecule has 5 rings (SSSR count). The summed E-state index contributed by atoms with van der Waals surface area (Å²) in [4.78, 5) is 6.97. The highest BCUT2D eigenvalue weighted by Crippen LogP contribution is 2.40. The van der Waals surface area contributed by atoms with Crippen LogP contribution in [0.25, 0.3) is 0 Å². The molecule has 0 amide bonds. The number of halogens is 1. The van der Waals surface area contributed by atoms with Gasteiger partial charge in [0.2, 0.25) is 6.79 Å². The number of fused-ring (bicyclic) bond motifs is 1. The van der Waals surface area contributed by atoms with Gasteiger partial charge in [-0.3, -0.25) is 9.67 Å². The smallest absolute Gasteiger partial charge is 0.231 e. The molecule has 0 aliphatic carbocycles. The van der Waals surface area contributed by atoms with Gasteiger partial charge < -0.3 is 24.4 Å². The summed E-state index contributed by atoms with van der Waals surface area (Å²) in [6, 6.07) is 6.35. The molecule has 0 spiro atoms. The van der Waals surface area contributed by atoms with Gasteiger partial charge in [0, 0.05) is 64.5 Å². The van der Waals surface area contributed by atoms with Crippen LogP contribution in [0.1, 0.15) is 36.3 Å². The molecule has 3 aliphatic heterocycles. The maximum absolute atomic E-state index is 5.70. The predicted molar refractivity (Wildman–Crippen MR) is 133 cm³/mol. The molecule has 1 aromatic carbocycles. The van der Waals surface area contributed by atoms with Crippen LogP contribution in [0.4, 0.5) is 0 Å². The number of hydrogen-bond donors (Lipinski definition) is 1. The minimum Gasteiger partial charge on any atom is -0.454 e. The first-order chi connectivity index (χ1) is 15.2. The van der Waals surface area contributed by atoms with E-state index in [0.29, 0.717) is 12.7 Å². The van der Waals surface area contributed by atoms with Crippen LogP contribution < -0.4 is 14.8 Å². The topological polar surface area (TPSA) is 73.1 Å². The Kier molecular flexibility index (Phi) is 7.14. The Labute approximate surface area is 206 Å². The SMILES string of the molecule is CN=C(NCC1(c2ccc3c(c2)OCO3)CCOCC1)N1CCC(c2cnn(C)c2)C1.I. The number of aliphatic imine (C=N–C) groups is 1. The van der Waals surface area contributed by atoms with E-state index in [1.807, 2.05) is 31.0 Å². The molecule has 9 heteroatoms. The van der Waals surface area contributed by atoms with Crippen LogP contribution in [0.5, 0.6) is 11.5 Å². The molecule has 4 heterocycles. The zero-order valence-corrected chi connectivity index (χ0v) is 21.1. The number of hydrogen-bond acceptors (Lipinski definition) is 5. The molecule has 1 atom stereocenters. The number of ether oxygens (including phenoxy) is 3. The highest BCUT2D eigenvalue weighted by atomic mass is 127. The van der Waals surface area contributed by atoms with Crippen LogP contribution in [-0.4, -0.2) is 67.3 Å². The molecule has 2 fully saturated rings. The van der Waals surface area contributed by atoms with E-state index in [2.05, 4.69) is 38.6 Å². The third kappa shape index (κ3) is 4.54. The number of aryl methyl sites for hydroxylation is 1. The van der Waals surface area contributed by atoms with E-state index in [0.717, 1.165) is 69.6 Å². The number of aromatic nitrogens is 2. The largest absolute Gasteiger partial charge is 0.454 e. The zero-order valence-electron chi connectivity index (χ0n) is 18.7. The predicted octanol–water partition coefficient (Wildman–Crippen LogP) is 2.88. The van der Waals surface area contributed by atoms with Crippen LogP contribution in [0.15, 0.2) is 35.6 Å². The molecule has 1 N–H and O–H groups in total. The van der Waals surface area contributed by atoms with E-state index in [9.17, 15) is 0 Å². The summed E-state index contributed by atoms with van der Waals surface area (Å²) in [6.45, 7) is 4.61. The molecule has 32 heavy (non-hydrogen) atoms. The maximum atomic E-state index is 5.70. The van der Waals surface area contributed by atoms with Crippen LogP contribution >= 0.6 is 24.0 Å². The van der Waals surface area contributed by atoms with Crippen LogP contribution in [0.2, 0.25) is 0 Å². The second-order valence-corrected chi connectivity index (χ2v) is 8.74. The number of benzene rings is 1. The Morgan fingerprint density at radius 1 is 1.25 bits per heavy atom. The summed E-state index contributed by atoms with van der Waals surface area (Å²) in [7, 11) is 3.84. The number of rotatable bonds is 4. The normalized spacial score (nSPS) is 22.0. The Morgan fingerprint density at radius 2 is 2.06 bits per heavy atom. The van der Waals surface area contributed by atoms with E-state index >= 15 is 0 Å². The van der Waals surface area contributed by atoms with Gasteiger partial charge in [-0.15, -0.1) is 24.0 Å². The van der Waals surface area contributed by atoms with Crippen molar-refractivity contribution < 1.29 is 14.2 Å². The van der Waals surface area contributed by atoms with E-state index in [1.165, 1.54) is 11.1 Å². The Balaban J connectivity index is 0.00000245. The molecule has 2 saturated heterocycles. The first-order valence-corrected chi connectivity index (χ1v) is 11.1. The molecular weight excluding hydrogens is 521 g/mol. The summed E-state index contributed by atoms with van der Waals surface area (Å²) in [5.41, 5.74) is 2.57. The molecule has 174 valence electrons. The molecule has 0 saturated carbocycles. The standard InChI is InChI=1S/C23H31N5O3.HI/c1-24-22(28-8-5-17(14-28)18-12-26-27(2)13-18)25-15-23(6-9-29-10-7-23)19-3-4-20-21(11-19)31-16-30-20;/h3-4,11-13,17H,5-10,14-16H2,1-2H3,(H,24,25);1H. The fourth-order valence-corrected chi connectivity index (χ4v) is 5.01. The van der Waals surface area contributed by atoms with Gasteiger partial charge in [0.25, 0.3) is 0 Å². The van der Waals surface area contributed by atoms with Crippen molar-refractivity contribution in [1.82, 2.24) is 20.0 Å². The first-order valence-electron chi connectivity index (χ1n) is 11.1. The average Bonchev–Trinajstić information content (AvgIpc) is 3.55. The van der Waals surface area contributed by atoms with Gasteiger partial charge in [0.15, 0.2) is 17.5 Å². The van der Waals surface area contributed by atoms with Gasteiger partial charge >= 0.3 is 0 Å². The Hall–Kier alpha value is -2.01. The maximum Gasteiger partial charge on any atom is 0.231 e. The molecule has 3 aliphatic rings. The van der Waals surface area contributed by atoms with Gasteiger partial charge in [-0.05, 0) is 42.5 Å². The van der Waals surface area contributed by atoms with Crippen molar-refractivity contribution in [2.75, 3.05) is 46.7 Å². The molecule has 2 aromatic rings. The number of nitrogens with zero attached hydrogens (tertiary/aromatic N) is 4. The Morgan fingerprint density at radius 3 is 2.81 bits per heavy atom. The third-order valence-corrected chi connectivity index (χ3v) is 6.92. The van der Waals surface area contributed by atoms with Crippen molar-refractivity contribution >= 4 is 29.9 Å². The van der Waals surface area contributed by atoms with E-state index in [-0.39, 0.29) is 29.4 Å². The molecule has 0 bridgehead atoms. The van der Waals surface area contributed by atoms with Gasteiger partial charge in [0.1, 0.15) is 0 Å². The molecule has 1 unspecified atom stereocenters. The average molecular weight is 553 g/mol. The second-order valence-electron chi connectivity index (χ2n) is 8.74. The summed E-state index contributed by atoms with van der Waals surface area (Å²) in [6.07, 6.45) is 7.17. The minimum atomic E-state index is -0.0162. The van der Waals surface area contributed by atoms with Crippen molar-refractivity contribution in [3.8, 4) is 11.5 Å². The van der Waals surface area contributed by atoms with E-state index in [1.54, 1.807) is 0 Å². The lowest BCUT2D eigenvalue weighted by Crippen LogP contribution is -2.48. The number of guanidine groups is 1. The Bertz CT molecular complexity index is 957. The van der Waals surface area contributed by atoms with E-state index in [4.69, 9.17) is 14.2 Å². The summed E-state index contributed by atoms with van der Waals surface area (Å²) < 4.78 is 18.7.